The second kappa shape index (κ2) is 5.49. The summed E-state index contributed by atoms with van der Waals surface area (Å²) >= 11 is 0. The fourth-order valence-electron chi connectivity index (χ4n) is 1.30. The van der Waals surface area contributed by atoms with Crippen LogP contribution in [-0.4, -0.2) is 17.5 Å². The van der Waals surface area contributed by atoms with E-state index in [-0.39, 0.29) is 17.4 Å². The van der Waals surface area contributed by atoms with Crippen LogP contribution in [0.5, 0.6) is 0 Å². The largest absolute Gasteiger partial charge is 0.393 e. The van der Waals surface area contributed by atoms with Crippen molar-refractivity contribution in [2.75, 3.05) is 17.6 Å². The van der Waals surface area contributed by atoms with Gasteiger partial charge >= 0.3 is 0 Å². The molecule has 1 aromatic rings. The normalized spacial score (nSPS) is 12.5. The predicted octanol–water partition coefficient (Wildman–Crippen LogP) is 1.57. The molecule has 1 rings (SSSR count). The van der Waals surface area contributed by atoms with Crippen molar-refractivity contribution in [2.45, 2.75) is 19.9 Å². The van der Waals surface area contributed by atoms with Crippen molar-refractivity contribution in [3.63, 3.8) is 0 Å². The Hall–Kier alpha value is -1.82. The molecule has 94 valence electrons. The molecule has 0 saturated heterocycles. The Kier molecular flexibility index (Phi) is 4.28. The monoisotopic (exact) mass is 238 g/mol. The molecule has 0 amide bonds. The number of anilines is 2. The second-order valence-electron chi connectivity index (χ2n) is 4.32. The summed E-state index contributed by atoms with van der Waals surface area (Å²) in [5, 5.41) is 13.7. The van der Waals surface area contributed by atoms with Crippen LogP contribution < -0.4 is 16.8 Å². The molecule has 6 nitrogen and oxygen atoms in total. The molecule has 1 aromatic carbocycles. The number of rotatable bonds is 5. The van der Waals surface area contributed by atoms with E-state index < -0.39 is 4.92 Å². The van der Waals surface area contributed by atoms with Gasteiger partial charge in [0, 0.05) is 24.3 Å². The van der Waals surface area contributed by atoms with Crippen LogP contribution in [0.3, 0.4) is 0 Å². The summed E-state index contributed by atoms with van der Waals surface area (Å²) in [7, 11) is 0. The highest BCUT2D eigenvalue weighted by molar-refractivity contribution is 5.65. The Morgan fingerprint density at radius 3 is 2.59 bits per heavy atom. The third kappa shape index (κ3) is 3.60. The molecule has 0 heterocycles. The Balaban J connectivity index is 2.68. The number of nitro groups is 1. The summed E-state index contributed by atoms with van der Waals surface area (Å²) < 4.78 is 0. The molecule has 0 radical (unpaired) electrons. The molecule has 0 bridgehead atoms. The molecular formula is C11H18N4O2. The van der Waals surface area contributed by atoms with E-state index in [0.29, 0.717) is 12.5 Å². The number of nitrogens with one attached hydrogen (secondary N) is 1. The van der Waals surface area contributed by atoms with Crippen LogP contribution in [0.15, 0.2) is 18.2 Å². The first-order valence-electron chi connectivity index (χ1n) is 5.45. The molecular weight excluding hydrogens is 220 g/mol. The fraction of sp³-hybridized carbons (Fsp3) is 0.455. The molecule has 0 aliphatic carbocycles. The minimum Gasteiger partial charge on any atom is -0.393 e. The molecule has 6 heteroatoms. The lowest BCUT2D eigenvalue weighted by atomic mass is 10.1. The van der Waals surface area contributed by atoms with Gasteiger partial charge in [-0.2, -0.15) is 0 Å². The summed E-state index contributed by atoms with van der Waals surface area (Å²) in [6.07, 6.45) is 0. The molecule has 0 aliphatic rings. The number of nitro benzene ring substituents is 1. The standard InChI is InChI=1S/C11H18N4O2/c1-7(2)10(13)6-14-8-3-4-11(15(16)17)9(12)5-8/h3-5,7,10,14H,6,12-13H2,1-2H3. The maximum Gasteiger partial charge on any atom is 0.292 e. The van der Waals surface area contributed by atoms with E-state index >= 15 is 0 Å². The van der Waals surface area contributed by atoms with Crippen molar-refractivity contribution in [3.8, 4) is 0 Å². The number of nitrogen functional groups attached to an aromatic ring is 1. The Labute approximate surface area is 100 Å². The van der Waals surface area contributed by atoms with Gasteiger partial charge in [0.2, 0.25) is 0 Å². The van der Waals surface area contributed by atoms with E-state index in [4.69, 9.17) is 11.5 Å². The average molecular weight is 238 g/mol. The smallest absolute Gasteiger partial charge is 0.292 e. The SMILES string of the molecule is CC(C)C(N)CNc1ccc([N+](=O)[O-])c(N)c1. The molecule has 0 aromatic heterocycles. The van der Waals surface area contributed by atoms with Crippen LogP contribution in [0.25, 0.3) is 0 Å². The van der Waals surface area contributed by atoms with Gasteiger partial charge in [0.05, 0.1) is 4.92 Å². The lowest BCUT2D eigenvalue weighted by Crippen LogP contribution is -2.33. The lowest BCUT2D eigenvalue weighted by molar-refractivity contribution is -0.383. The van der Waals surface area contributed by atoms with Crippen LogP contribution in [-0.2, 0) is 0 Å². The van der Waals surface area contributed by atoms with Gasteiger partial charge in [0.15, 0.2) is 0 Å². The summed E-state index contributed by atoms with van der Waals surface area (Å²) in [4.78, 5) is 10.1. The third-order valence-electron chi connectivity index (χ3n) is 2.62. The molecule has 5 N–H and O–H groups in total. The van der Waals surface area contributed by atoms with Crippen molar-refractivity contribution in [2.24, 2.45) is 11.7 Å². The Bertz CT molecular complexity index is 406. The zero-order chi connectivity index (χ0) is 13.0. The first-order valence-corrected chi connectivity index (χ1v) is 5.45. The van der Waals surface area contributed by atoms with Crippen molar-refractivity contribution >= 4 is 17.1 Å². The molecule has 0 saturated carbocycles. The van der Waals surface area contributed by atoms with E-state index in [9.17, 15) is 10.1 Å². The average Bonchev–Trinajstić information content (AvgIpc) is 2.25. The van der Waals surface area contributed by atoms with Crippen LogP contribution in [0, 0.1) is 16.0 Å². The zero-order valence-electron chi connectivity index (χ0n) is 10.0. The van der Waals surface area contributed by atoms with Crippen molar-refractivity contribution in [3.05, 3.63) is 28.3 Å². The fourth-order valence-corrected chi connectivity index (χ4v) is 1.30. The summed E-state index contributed by atoms with van der Waals surface area (Å²) in [5.41, 5.74) is 12.3. The van der Waals surface area contributed by atoms with E-state index in [1.54, 1.807) is 12.1 Å². The highest BCUT2D eigenvalue weighted by Gasteiger charge is 2.12. The van der Waals surface area contributed by atoms with Gasteiger partial charge in [-0.1, -0.05) is 13.8 Å². The molecule has 1 atom stereocenters. The molecule has 17 heavy (non-hydrogen) atoms. The van der Waals surface area contributed by atoms with Gasteiger partial charge < -0.3 is 16.8 Å². The topological polar surface area (TPSA) is 107 Å². The van der Waals surface area contributed by atoms with E-state index in [2.05, 4.69) is 5.32 Å². The minimum absolute atomic E-state index is 0.0337. The van der Waals surface area contributed by atoms with Crippen molar-refractivity contribution in [1.29, 1.82) is 0 Å². The van der Waals surface area contributed by atoms with E-state index in [1.807, 2.05) is 13.8 Å². The molecule has 0 spiro atoms. The molecule has 0 fully saturated rings. The lowest BCUT2D eigenvalue weighted by Gasteiger charge is -2.17. The maximum absolute atomic E-state index is 10.6. The van der Waals surface area contributed by atoms with Gasteiger partial charge in [-0.15, -0.1) is 0 Å². The van der Waals surface area contributed by atoms with Crippen LogP contribution in [0.2, 0.25) is 0 Å². The number of benzene rings is 1. The predicted molar refractivity (Wildman–Crippen MR) is 68.8 cm³/mol. The van der Waals surface area contributed by atoms with Crippen LogP contribution >= 0.6 is 0 Å². The Morgan fingerprint density at radius 1 is 1.47 bits per heavy atom. The van der Waals surface area contributed by atoms with E-state index in [1.165, 1.54) is 6.07 Å². The second-order valence-corrected chi connectivity index (χ2v) is 4.32. The molecule has 1 unspecified atom stereocenters. The van der Waals surface area contributed by atoms with Gasteiger partial charge in [-0.25, -0.2) is 0 Å². The zero-order valence-corrected chi connectivity index (χ0v) is 10.0. The Morgan fingerprint density at radius 2 is 2.12 bits per heavy atom. The molecule has 0 aliphatic heterocycles. The van der Waals surface area contributed by atoms with Gasteiger partial charge in [-0.3, -0.25) is 10.1 Å². The van der Waals surface area contributed by atoms with Gasteiger partial charge in [0.25, 0.3) is 5.69 Å². The number of nitrogens with two attached hydrogens (primary N) is 2. The number of hydrogen-bond donors (Lipinski definition) is 3. The van der Waals surface area contributed by atoms with Crippen molar-refractivity contribution in [1.82, 2.24) is 0 Å². The quantitative estimate of drug-likeness (QED) is 0.410. The van der Waals surface area contributed by atoms with Gasteiger partial charge in [0.1, 0.15) is 5.69 Å². The highest BCUT2D eigenvalue weighted by atomic mass is 16.6. The van der Waals surface area contributed by atoms with E-state index in [0.717, 1.165) is 5.69 Å². The van der Waals surface area contributed by atoms with Crippen LogP contribution in [0.4, 0.5) is 17.1 Å². The first kappa shape index (κ1) is 13.2. The van der Waals surface area contributed by atoms with Crippen LogP contribution in [0.1, 0.15) is 13.8 Å². The summed E-state index contributed by atoms with van der Waals surface area (Å²) in [5.74, 6) is 0.373. The third-order valence-corrected chi connectivity index (χ3v) is 2.62. The maximum atomic E-state index is 10.6. The number of nitrogens with zero attached hydrogens (tertiary/aromatic N) is 1. The minimum atomic E-state index is -0.501. The summed E-state index contributed by atoms with van der Waals surface area (Å²) in [6.45, 7) is 4.68. The summed E-state index contributed by atoms with van der Waals surface area (Å²) in [6, 6.07) is 4.59. The van der Waals surface area contributed by atoms with Crippen molar-refractivity contribution < 1.29 is 4.92 Å². The first-order chi connectivity index (χ1) is 7.91. The van der Waals surface area contributed by atoms with Gasteiger partial charge in [-0.05, 0) is 18.1 Å². The highest BCUT2D eigenvalue weighted by Crippen LogP contribution is 2.24. The number of hydrogen-bond acceptors (Lipinski definition) is 5.